The number of furan rings is 2. The number of carbonyl (C=O) groups excluding carboxylic acids is 1. The van der Waals surface area contributed by atoms with Gasteiger partial charge >= 0.3 is 0 Å². The molecule has 2 aromatic heterocycles. The van der Waals surface area contributed by atoms with Crippen molar-refractivity contribution in [2.45, 2.75) is 31.2 Å². The van der Waals surface area contributed by atoms with Gasteiger partial charge in [0.2, 0.25) is 5.91 Å². The van der Waals surface area contributed by atoms with E-state index >= 15 is 0 Å². The van der Waals surface area contributed by atoms with Crippen molar-refractivity contribution in [2.24, 2.45) is 0 Å². The van der Waals surface area contributed by atoms with Crippen LogP contribution in [0.4, 0.5) is 0 Å². The highest BCUT2D eigenvalue weighted by Crippen LogP contribution is 2.18. The summed E-state index contributed by atoms with van der Waals surface area (Å²) >= 11 is 1.48. The van der Waals surface area contributed by atoms with Gasteiger partial charge in [-0.3, -0.25) is 4.79 Å². The van der Waals surface area contributed by atoms with Crippen LogP contribution in [0.1, 0.15) is 31.0 Å². The first-order valence-corrected chi connectivity index (χ1v) is 8.02. The molecule has 118 valence electrons. The molecule has 0 aliphatic heterocycles. The Morgan fingerprint density at radius 1 is 1.36 bits per heavy atom. The second-order valence-electron chi connectivity index (χ2n) is 4.87. The van der Waals surface area contributed by atoms with Crippen molar-refractivity contribution in [2.75, 3.05) is 0 Å². The number of rotatable bonds is 8. The second kappa shape index (κ2) is 8.51. The minimum Gasteiger partial charge on any atom is -0.468 e. The molecule has 2 unspecified atom stereocenters. The number of carbonyl (C=O) groups is 1. The molecule has 2 rings (SSSR count). The molecule has 0 fully saturated rings. The molecule has 1 amide bonds. The summed E-state index contributed by atoms with van der Waals surface area (Å²) in [5.41, 5.74) is 0. The summed E-state index contributed by atoms with van der Waals surface area (Å²) in [7, 11) is 0. The van der Waals surface area contributed by atoms with Crippen LogP contribution in [-0.2, 0) is 10.5 Å². The van der Waals surface area contributed by atoms with Gasteiger partial charge in [0.25, 0.3) is 0 Å². The van der Waals surface area contributed by atoms with Crippen LogP contribution >= 0.6 is 11.8 Å². The summed E-state index contributed by atoms with van der Waals surface area (Å²) in [6.45, 7) is 1.84. The molecule has 0 aliphatic rings. The molecule has 2 aromatic rings. The van der Waals surface area contributed by atoms with Gasteiger partial charge in [0.15, 0.2) is 0 Å². The van der Waals surface area contributed by atoms with Crippen molar-refractivity contribution in [1.29, 1.82) is 0 Å². The van der Waals surface area contributed by atoms with E-state index in [1.165, 1.54) is 24.1 Å². The van der Waals surface area contributed by atoms with Crippen LogP contribution < -0.4 is 5.32 Å². The highest BCUT2D eigenvalue weighted by atomic mass is 32.2. The summed E-state index contributed by atoms with van der Waals surface area (Å²) in [5, 5.41) is 14.5. The first-order valence-electron chi connectivity index (χ1n) is 6.97. The van der Waals surface area contributed by atoms with Gasteiger partial charge in [-0.25, -0.2) is 0 Å². The Bertz CT molecular complexity index is 577. The van der Waals surface area contributed by atoms with Crippen LogP contribution in [-0.4, -0.2) is 17.1 Å². The number of hydrogen-bond donors (Lipinski definition) is 2. The Balaban J connectivity index is 1.67. The molecule has 2 atom stereocenters. The van der Waals surface area contributed by atoms with Gasteiger partial charge in [0, 0.05) is 18.5 Å². The molecule has 6 heteroatoms. The molecule has 0 aliphatic carbocycles. The number of thioether (sulfide) groups is 1. The van der Waals surface area contributed by atoms with Crippen molar-refractivity contribution in [3.63, 3.8) is 0 Å². The van der Waals surface area contributed by atoms with Crippen molar-refractivity contribution in [1.82, 2.24) is 5.32 Å². The zero-order valence-corrected chi connectivity index (χ0v) is 13.1. The van der Waals surface area contributed by atoms with Crippen molar-refractivity contribution in [3.8, 4) is 0 Å². The van der Waals surface area contributed by atoms with Gasteiger partial charge < -0.3 is 19.3 Å². The van der Waals surface area contributed by atoms with Crippen LogP contribution in [0.25, 0.3) is 0 Å². The first kappa shape index (κ1) is 16.5. The van der Waals surface area contributed by atoms with E-state index in [0.717, 1.165) is 5.76 Å². The maximum absolute atomic E-state index is 11.7. The maximum Gasteiger partial charge on any atom is 0.244 e. The molecule has 0 bridgehead atoms. The van der Waals surface area contributed by atoms with E-state index < -0.39 is 6.10 Å². The molecule has 22 heavy (non-hydrogen) atoms. The van der Waals surface area contributed by atoms with Gasteiger partial charge in [-0.2, -0.15) is 0 Å². The number of aliphatic hydroxyl groups is 1. The molecule has 0 spiro atoms. The average Bonchev–Trinajstić information content (AvgIpc) is 3.16. The summed E-state index contributed by atoms with van der Waals surface area (Å²) in [5.74, 6) is 1.87. The molecular formula is C16H19NO4S. The van der Waals surface area contributed by atoms with Crippen LogP contribution in [0.3, 0.4) is 0 Å². The lowest BCUT2D eigenvalue weighted by Gasteiger charge is -2.15. The smallest absolute Gasteiger partial charge is 0.244 e. The fourth-order valence-corrected chi connectivity index (χ4v) is 2.56. The summed E-state index contributed by atoms with van der Waals surface area (Å²) in [4.78, 5) is 11.7. The normalized spacial score (nSPS) is 14.1. The minimum atomic E-state index is -0.720. The Hall–Kier alpha value is -1.92. The molecule has 5 nitrogen and oxygen atoms in total. The average molecular weight is 321 g/mol. The fraction of sp³-hybridized carbons (Fsp3) is 0.312. The zero-order chi connectivity index (χ0) is 15.8. The van der Waals surface area contributed by atoms with Gasteiger partial charge in [0.05, 0.1) is 18.3 Å². The van der Waals surface area contributed by atoms with E-state index in [1.54, 1.807) is 23.8 Å². The molecule has 2 heterocycles. The molecule has 0 saturated heterocycles. The maximum atomic E-state index is 11.7. The highest BCUT2D eigenvalue weighted by molar-refractivity contribution is 8.01. The quantitative estimate of drug-likeness (QED) is 0.730. The number of aliphatic hydroxyl groups excluding tert-OH is 1. The summed E-state index contributed by atoms with van der Waals surface area (Å²) in [6.07, 6.45) is 4.29. The Morgan fingerprint density at radius 2 is 2.14 bits per heavy atom. The van der Waals surface area contributed by atoms with Crippen molar-refractivity contribution < 1.29 is 18.7 Å². The Kier molecular flexibility index (Phi) is 6.36. The molecule has 2 N–H and O–H groups in total. The predicted octanol–water partition coefficient (Wildman–Crippen LogP) is 3.25. The van der Waals surface area contributed by atoms with Crippen molar-refractivity contribution >= 4 is 17.7 Å². The van der Waals surface area contributed by atoms with Crippen LogP contribution in [0.15, 0.2) is 57.1 Å². The lowest BCUT2D eigenvalue weighted by molar-refractivity contribution is -0.117. The van der Waals surface area contributed by atoms with E-state index in [9.17, 15) is 9.90 Å². The third-order valence-electron chi connectivity index (χ3n) is 2.96. The van der Waals surface area contributed by atoms with Crippen molar-refractivity contribution in [3.05, 3.63) is 59.8 Å². The second-order valence-corrected chi connectivity index (χ2v) is 5.76. The van der Waals surface area contributed by atoms with Crippen LogP contribution in [0.2, 0.25) is 0 Å². The number of amides is 1. The van der Waals surface area contributed by atoms with Crippen LogP contribution in [0.5, 0.6) is 0 Å². The lowest BCUT2D eigenvalue weighted by Crippen LogP contribution is -2.32. The monoisotopic (exact) mass is 321 g/mol. The van der Waals surface area contributed by atoms with E-state index in [-0.39, 0.29) is 11.9 Å². The van der Waals surface area contributed by atoms with E-state index in [1.807, 2.05) is 19.1 Å². The van der Waals surface area contributed by atoms with Crippen LogP contribution in [0, 0.1) is 0 Å². The summed E-state index contributed by atoms with van der Waals surface area (Å²) < 4.78 is 10.3. The SMILES string of the molecule is CC(CC(O)c1ccco1)NC(=O)/C=C/SCc1ccco1. The largest absolute Gasteiger partial charge is 0.468 e. The lowest BCUT2D eigenvalue weighted by atomic mass is 10.1. The fourth-order valence-electron chi connectivity index (χ4n) is 1.92. The van der Waals surface area contributed by atoms with Gasteiger partial charge in [-0.1, -0.05) is 0 Å². The van der Waals surface area contributed by atoms with E-state index in [0.29, 0.717) is 17.9 Å². The molecule has 0 saturated carbocycles. The molecule has 0 aromatic carbocycles. The summed E-state index contributed by atoms with van der Waals surface area (Å²) in [6, 6.07) is 7.00. The third-order valence-corrected chi connectivity index (χ3v) is 3.74. The van der Waals surface area contributed by atoms with Gasteiger partial charge in [0.1, 0.15) is 17.6 Å². The number of hydrogen-bond acceptors (Lipinski definition) is 5. The van der Waals surface area contributed by atoms with E-state index in [2.05, 4.69) is 5.32 Å². The Labute approximate surface area is 133 Å². The Morgan fingerprint density at radius 3 is 2.82 bits per heavy atom. The molecule has 0 radical (unpaired) electrons. The van der Waals surface area contributed by atoms with Gasteiger partial charge in [-0.05, 0) is 36.6 Å². The number of nitrogens with one attached hydrogen (secondary N) is 1. The van der Waals surface area contributed by atoms with E-state index in [4.69, 9.17) is 8.83 Å². The first-order chi connectivity index (χ1) is 10.6. The predicted molar refractivity (Wildman–Crippen MR) is 85.0 cm³/mol. The minimum absolute atomic E-state index is 0.160. The highest BCUT2D eigenvalue weighted by Gasteiger charge is 2.15. The standard InChI is InChI=1S/C16H19NO4S/c1-12(10-14(18)15-5-3-8-21-15)17-16(19)6-9-22-11-13-4-2-7-20-13/h2-9,12,14,18H,10-11H2,1H3,(H,17,19)/b9-6+. The van der Waals surface area contributed by atoms with Gasteiger partial charge in [-0.15, -0.1) is 11.8 Å². The zero-order valence-electron chi connectivity index (χ0n) is 12.3. The topological polar surface area (TPSA) is 75.6 Å². The third kappa shape index (κ3) is 5.46. The molecular weight excluding hydrogens is 302 g/mol.